The first kappa shape index (κ1) is 47.0. The fourth-order valence-electron chi connectivity index (χ4n) is 8.75. The molecule has 1 aliphatic carbocycles. The smallest absolute Gasteiger partial charge is 0.437 e. The topological polar surface area (TPSA) is 130 Å². The minimum atomic E-state index is -2.43. The number of methoxy groups -OCH3 is 1. The van der Waals surface area contributed by atoms with Crippen molar-refractivity contribution in [3.63, 3.8) is 0 Å². The molecular weight excluding hydrogens is 809 g/mol. The van der Waals surface area contributed by atoms with E-state index in [2.05, 4.69) is 86.5 Å². The quantitative estimate of drug-likeness (QED) is 0.0533. The van der Waals surface area contributed by atoms with Crippen LogP contribution in [0.25, 0.3) is 0 Å². The average Bonchev–Trinajstić information content (AvgIpc) is 3.21. The molecule has 0 saturated heterocycles. The third kappa shape index (κ3) is 13.5. The van der Waals surface area contributed by atoms with Gasteiger partial charge in [-0.3, -0.25) is 0 Å². The third-order valence-electron chi connectivity index (χ3n) is 11.3. The molecule has 0 spiro atoms. The number of ether oxygens (including phenoxy) is 4. The first-order chi connectivity index (χ1) is 28.6. The van der Waals surface area contributed by atoms with Crippen LogP contribution in [-0.4, -0.2) is 54.8 Å². The van der Waals surface area contributed by atoms with Crippen LogP contribution in [0.1, 0.15) is 78.3 Å². The Morgan fingerprint density at radius 3 is 1.57 bits per heavy atom. The molecule has 0 amide bonds. The van der Waals surface area contributed by atoms with E-state index in [1.54, 1.807) is 12.1 Å². The molecule has 0 unspecified atom stereocenters. The summed E-state index contributed by atoms with van der Waals surface area (Å²) >= 11 is 0. The SMILES string of the molecule is COC(=O)Oc1ccc(CCC[Si](C)(C)O[Si](C)(C)O[Si](C)(C)CCCc2ccc(OC(=O)Oc3ccc(C4(c5ccccc5)CCCCC4)cc3)c(CO)c2)cc1CO. The number of hydrogen-bond acceptors (Lipinski definition) is 10. The number of carbonyl (C=O) groups excluding carboxylic acids is 2. The van der Waals surface area contributed by atoms with Crippen molar-refractivity contribution in [1.82, 2.24) is 0 Å². The number of aliphatic hydroxyl groups excluding tert-OH is 2. The lowest BCUT2D eigenvalue weighted by molar-refractivity contribution is 0.120. The van der Waals surface area contributed by atoms with Crippen LogP contribution >= 0.6 is 0 Å². The van der Waals surface area contributed by atoms with Crippen LogP contribution in [0.2, 0.25) is 51.4 Å². The Morgan fingerprint density at radius 2 is 1.08 bits per heavy atom. The fraction of sp³-hybridized carbons (Fsp3) is 0.447. The van der Waals surface area contributed by atoms with Crippen LogP contribution in [0.15, 0.2) is 91.0 Å². The summed E-state index contributed by atoms with van der Waals surface area (Å²) in [7, 11) is -5.32. The minimum absolute atomic E-state index is 0.0369. The van der Waals surface area contributed by atoms with Gasteiger partial charge >= 0.3 is 20.9 Å². The molecule has 0 aliphatic heterocycles. The van der Waals surface area contributed by atoms with Gasteiger partial charge in [-0.2, -0.15) is 0 Å². The zero-order chi connectivity index (χ0) is 43.4. The molecule has 60 heavy (non-hydrogen) atoms. The second-order valence-electron chi connectivity index (χ2n) is 17.6. The summed E-state index contributed by atoms with van der Waals surface area (Å²) in [6.45, 7) is 12.8. The van der Waals surface area contributed by atoms with Crippen molar-refractivity contribution in [2.75, 3.05) is 7.11 Å². The fourth-order valence-corrected chi connectivity index (χ4v) is 22.8. The number of carbonyl (C=O) groups is 2. The lowest BCUT2D eigenvalue weighted by Crippen LogP contribution is -2.52. The van der Waals surface area contributed by atoms with Crippen molar-refractivity contribution in [1.29, 1.82) is 0 Å². The third-order valence-corrected chi connectivity index (χ3v) is 22.8. The van der Waals surface area contributed by atoms with E-state index in [-0.39, 0.29) is 24.4 Å². The van der Waals surface area contributed by atoms with E-state index in [1.165, 1.54) is 37.5 Å². The first-order valence-electron chi connectivity index (χ1n) is 21.2. The zero-order valence-electron chi connectivity index (χ0n) is 36.5. The van der Waals surface area contributed by atoms with Gasteiger partial charge < -0.3 is 37.4 Å². The summed E-state index contributed by atoms with van der Waals surface area (Å²) < 4.78 is 34.6. The second kappa shape index (κ2) is 21.1. The Kier molecular flexibility index (Phi) is 16.5. The van der Waals surface area contributed by atoms with Crippen molar-refractivity contribution in [2.45, 2.75) is 128 Å². The molecule has 0 radical (unpaired) electrons. The van der Waals surface area contributed by atoms with Crippen molar-refractivity contribution in [2.24, 2.45) is 0 Å². The predicted molar refractivity (Wildman–Crippen MR) is 242 cm³/mol. The molecule has 1 fully saturated rings. The summed E-state index contributed by atoms with van der Waals surface area (Å²) in [4.78, 5) is 24.4. The van der Waals surface area contributed by atoms with Gasteiger partial charge in [0, 0.05) is 16.5 Å². The Morgan fingerprint density at radius 1 is 0.600 bits per heavy atom. The summed E-state index contributed by atoms with van der Waals surface area (Å²) in [5, 5.41) is 20.0. The largest absolute Gasteiger partial charge is 0.519 e. The number of hydrogen-bond donors (Lipinski definition) is 2. The molecule has 4 aromatic carbocycles. The lowest BCUT2D eigenvalue weighted by Gasteiger charge is -2.39. The average molecular weight is 873 g/mol. The lowest BCUT2D eigenvalue weighted by atomic mass is 9.65. The van der Waals surface area contributed by atoms with Gasteiger partial charge in [0.15, 0.2) is 16.6 Å². The molecule has 13 heteroatoms. The number of aryl methyl sites for hydroxylation is 2. The van der Waals surface area contributed by atoms with E-state index >= 15 is 0 Å². The van der Waals surface area contributed by atoms with E-state index in [9.17, 15) is 19.8 Å². The molecule has 0 aromatic heterocycles. The highest BCUT2D eigenvalue weighted by molar-refractivity contribution is 6.87. The maximum absolute atomic E-state index is 12.9. The highest BCUT2D eigenvalue weighted by atomic mass is 28.5. The van der Waals surface area contributed by atoms with Gasteiger partial charge in [-0.05, 0) is 149 Å². The number of aliphatic hydroxyl groups is 2. The van der Waals surface area contributed by atoms with E-state index in [0.29, 0.717) is 22.6 Å². The standard InChI is InChI=1S/C47H64O10Si3/c1-52-45(50)54-43-26-20-36(32-38(43)34-48)16-14-30-58(2,3)56-60(6,7)57-59(4,5)31-15-17-37-21-27-44(39(33-37)35-49)55-46(51)53-42-24-22-41(23-25-42)47(28-12-9-13-29-47)40-18-10-8-11-19-40/h8,10-11,18-27,32-33,48-49H,9,12-17,28-31,34-35H2,1-7H3. The Balaban J connectivity index is 1.08. The van der Waals surface area contributed by atoms with Gasteiger partial charge in [0.1, 0.15) is 17.2 Å². The van der Waals surface area contributed by atoms with Crippen LogP contribution in [0.4, 0.5) is 9.59 Å². The second-order valence-corrected chi connectivity index (χ2v) is 30.0. The van der Waals surface area contributed by atoms with Gasteiger partial charge in [-0.1, -0.05) is 73.9 Å². The molecule has 1 aliphatic rings. The molecule has 0 atom stereocenters. The van der Waals surface area contributed by atoms with E-state index < -0.39 is 37.5 Å². The molecule has 1 saturated carbocycles. The van der Waals surface area contributed by atoms with Gasteiger partial charge in [-0.25, -0.2) is 9.59 Å². The Bertz CT molecular complexity index is 2010. The maximum Gasteiger partial charge on any atom is 0.519 e. The van der Waals surface area contributed by atoms with Gasteiger partial charge in [0.05, 0.1) is 20.3 Å². The minimum Gasteiger partial charge on any atom is -0.437 e. The molecule has 0 bridgehead atoms. The summed E-state index contributed by atoms with van der Waals surface area (Å²) in [5.41, 5.74) is 5.70. The van der Waals surface area contributed by atoms with Crippen LogP contribution in [0, 0.1) is 0 Å². The molecular formula is C47H64O10Si3. The molecule has 5 rings (SSSR count). The molecule has 4 aromatic rings. The highest BCUT2D eigenvalue weighted by Gasteiger charge is 2.39. The first-order valence-corrected chi connectivity index (χ1v) is 30.3. The molecule has 324 valence electrons. The molecule has 2 N–H and O–H groups in total. The van der Waals surface area contributed by atoms with E-state index in [4.69, 9.17) is 22.4 Å². The van der Waals surface area contributed by atoms with Crippen LogP contribution in [-0.2, 0) is 44.4 Å². The summed E-state index contributed by atoms with van der Waals surface area (Å²) in [6, 6.07) is 31.4. The summed E-state index contributed by atoms with van der Waals surface area (Å²) in [6.07, 6.45) is 7.60. The molecule has 10 nitrogen and oxygen atoms in total. The summed E-state index contributed by atoms with van der Waals surface area (Å²) in [5.74, 6) is 0.984. The van der Waals surface area contributed by atoms with Crippen molar-refractivity contribution in [3.05, 3.63) is 124 Å². The van der Waals surface area contributed by atoms with E-state index in [1.807, 2.05) is 36.4 Å². The zero-order valence-corrected chi connectivity index (χ0v) is 39.5. The van der Waals surface area contributed by atoms with Gasteiger partial charge in [0.2, 0.25) is 0 Å². The Hall–Kier alpha value is -4.09. The van der Waals surface area contributed by atoms with Gasteiger partial charge in [-0.15, -0.1) is 0 Å². The van der Waals surface area contributed by atoms with Crippen molar-refractivity contribution >= 4 is 37.5 Å². The van der Waals surface area contributed by atoms with Crippen LogP contribution in [0.5, 0.6) is 17.2 Å². The normalized spacial score (nSPS) is 14.3. The van der Waals surface area contributed by atoms with Crippen LogP contribution in [0.3, 0.4) is 0 Å². The number of rotatable bonds is 19. The number of benzene rings is 4. The van der Waals surface area contributed by atoms with Crippen molar-refractivity contribution in [3.8, 4) is 17.2 Å². The van der Waals surface area contributed by atoms with Crippen LogP contribution < -0.4 is 14.2 Å². The van der Waals surface area contributed by atoms with Crippen molar-refractivity contribution < 1.29 is 47.0 Å². The van der Waals surface area contributed by atoms with E-state index in [0.717, 1.165) is 61.7 Å². The predicted octanol–water partition coefficient (Wildman–Crippen LogP) is 11.4. The highest BCUT2D eigenvalue weighted by Crippen LogP contribution is 2.45. The Labute approximate surface area is 359 Å². The van der Waals surface area contributed by atoms with Gasteiger partial charge in [0.25, 0.3) is 0 Å². The maximum atomic E-state index is 12.9. The molecule has 0 heterocycles. The monoisotopic (exact) mass is 872 g/mol.